The molecular weight excluding hydrogens is 198 g/mol. The third-order valence-electron chi connectivity index (χ3n) is 2.45. The summed E-state index contributed by atoms with van der Waals surface area (Å²) in [5.74, 6) is -0.994. The van der Waals surface area contributed by atoms with E-state index in [0.29, 0.717) is 6.54 Å². The Morgan fingerprint density at radius 3 is 2.40 bits per heavy atom. The van der Waals surface area contributed by atoms with Crippen molar-refractivity contribution < 1.29 is 19.8 Å². The van der Waals surface area contributed by atoms with Crippen LogP contribution in [0, 0.1) is 0 Å². The average molecular weight is 207 g/mol. The summed E-state index contributed by atoms with van der Waals surface area (Å²) in [6, 6.07) is 4.69. The zero-order valence-corrected chi connectivity index (χ0v) is 7.80. The number of rotatable bonds is 1. The van der Waals surface area contributed by atoms with Crippen LogP contribution in [0.25, 0.3) is 0 Å². The van der Waals surface area contributed by atoms with E-state index in [1.807, 2.05) is 0 Å². The van der Waals surface area contributed by atoms with Gasteiger partial charge in [0.25, 0.3) is 0 Å². The highest BCUT2D eigenvalue weighted by Gasteiger charge is 2.23. The molecule has 1 aliphatic rings. The molecule has 5 heteroatoms. The molecular formula is C10H9NO4. The number of carboxylic acid groups (broad SMARTS) is 2. The van der Waals surface area contributed by atoms with Crippen LogP contribution >= 0.6 is 0 Å². The second-order valence-corrected chi connectivity index (χ2v) is 3.43. The van der Waals surface area contributed by atoms with Crippen LogP contribution in [0.2, 0.25) is 0 Å². The highest BCUT2D eigenvalue weighted by Crippen LogP contribution is 2.23. The number of benzene rings is 1. The van der Waals surface area contributed by atoms with Gasteiger partial charge in [-0.1, -0.05) is 6.07 Å². The minimum atomic E-state index is -0.994. The fourth-order valence-corrected chi connectivity index (χ4v) is 1.66. The fourth-order valence-electron chi connectivity index (χ4n) is 1.66. The van der Waals surface area contributed by atoms with Crippen LogP contribution in [-0.4, -0.2) is 27.2 Å². The Balaban J connectivity index is 2.31. The first-order chi connectivity index (χ1) is 7.08. The quantitative estimate of drug-likeness (QED) is 0.729. The van der Waals surface area contributed by atoms with Gasteiger partial charge in [0.2, 0.25) is 0 Å². The molecule has 0 aliphatic carbocycles. The van der Waals surface area contributed by atoms with Gasteiger partial charge < -0.3 is 10.2 Å². The molecule has 2 N–H and O–H groups in total. The summed E-state index contributed by atoms with van der Waals surface area (Å²) in [4.78, 5) is 22.6. The van der Waals surface area contributed by atoms with E-state index in [0.717, 1.165) is 11.1 Å². The highest BCUT2D eigenvalue weighted by atomic mass is 16.4. The van der Waals surface area contributed by atoms with Crippen molar-refractivity contribution in [2.45, 2.75) is 13.1 Å². The SMILES string of the molecule is O=C(O)c1ccc2c(c1)CN(C(=O)O)C2. The monoisotopic (exact) mass is 207 g/mol. The van der Waals surface area contributed by atoms with E-state index in [-0.39, 0.29) is 12.1 Å². The maximum Gasteiger partial charge on any atom is 0.407 e. The van der Waals surface area contributed by atoms with Crippen LogP contribution in [-0.2, 0) is 13.1 Å². The summed E-state index contributed by atoms with van der Waals surface area (Å²) < 4.78 is 0. The highest BCUT2D eigenvalue weighted by molar-refractivity contribution is 5.88. The van der Waals surface area contributed by atoms with E-state index in [2.05, 4.69) is 0 Å². The Hall–Kier alpha value is -2.04. The predicted molar refractivity (Wildman–Crippen MR) is 50.7 cm³/mol. The lowest BCUT2D eigenvalue weighted by atomic mass is 10.1. The number of fused-ring (bicyclic) bond motifs is 1. The van der Waals surface area contributed by atoms with Gasteiger partial charge in [0.05, 0.1) is 5.56 Å². The van der Waals surface area contributed by atoms with Gasteiger partial charge in [-0.2, -0.15) is 0 Å². The smallest absolute Gasteiger partial charge is 0.407 e. The maximum atomic E-state index is 10.7. The Kier molecular flexibility index (Phi) is 2.07. The first kappa shape index (κ1) is 9.51. The lowest BCUT2D eigenvalue weighted by Crippen LogP contribution is -2.22. The van der Waals surface area contributed by atoms with Gasteiger partial charge in [-0.05, 0) is 23.3 Å². The van der Waals surface area contributed by atoms with Crippen LogP contribution in [0.4, 0.5) is 4.79 Å². The van der Waals surface area contributed by atoms with Crippen LogP contribution < -0.4 is 0 Å². The lowest BCUT2D eigenvalue weighted by molar-refractivity contribution is 0.0696. The summed E-state index contributed by atoms with van der Waals surface area (Å²) in [6.45, 7) is 0.607. The molecule has 1 amide bonds. The Bertz CT molecular complexity index is 441. The summed E-state index contributed by atoms with van der Waals surface area (Å²) in [5, 5.41) is 17.5. The molecule has 1 aromatic rings. The number of hydrogen-bond acceptors (Lipinski definition) is 2. The van der Waals surface area contributed by atoms with Gasteiger partial charge in [0, 0.05) is 13.1 Å². The summed E-state index contributed by atoms with van der Waals surface area (Å²) in [5.41, 5.74) is 1.85. The predicted octanol–water partition coefficient (Wildman–Crippen LogP) is 1.38. The minimum absolute atomic E-state index is 0.195. The third kappa shape index (κ3) is 1.63. The molecule has 0 spiro atoms. The zero-order valence-electron chi connectivity index (χ0n) is 7.80. The summed E-state index contributed by atoms with van der Waals surface area (Å²) >= 11 is 0. The molecule has 0 radical (unpaired) electrons. The molecule has 0 atom stereocenters. The molecule has 0 saturated carbocycles. The second-order valence-electron chi connectivity index (χ2n) is 3.43. The molecule has 15 heavy (non-hydrogen) atoms. The summed E-state index contributed by atoms with van der Waals surface area (Å²) in [7, 11) is 0. The molecule has 1 aromatic carbocycles. The Morgan fingerprint density at radius 2 is 1.80 bits per heavy atom. The van der Waals surface area contributed by atoms with Gasteiger partial charge in [-0.15, -0.1) is 0 Å². The van der Waals surface area contributed by atoms with Crippen LogP contribution in [0.15, 0.2) is 18.2 Å². The number of aromatic carboxylic acids is 1. The molecule has 1 heterocycles. The first-order valence-corrected chi connectivity index (χ1v) is 4.41. The van der Waals surface area contributed by atoms with Gasteiger partial charge in [-0.3, -0.25) is 4.90 Å². The second kappa shape index (κ2) is 3.27. The van der Waals surface area contributed by atoms with E-state index in [1.54, 1.807) is 6.07 Å². The maximum absolute atomic E-state index is 10.7. The molecule has 78 valence electrons. The van der Waals surface area contributed by atoms with Gasteiger partial charge >= 0.3 is 12.1 Å². The van der Waals surface area contributed by atoms with Crippen molar-refractivity contribution in [1.82, 2.24) is 4.90 Å². The van der Waals surface area contributed by atoms with E-state index in [4.69, 9.17) is 10.2 Å². The first-order valence-electron chi connectivity index (χ1n) is 4.41. The van der Waals surface area contributed by atoms with E-state index >= 15 is 0 Å². The van der Waals surface area contributed by atoms with Crippen molar-refractivity contribution in [3.63, 3.8) is 0 Å². The lowest BCUT2D eigenvalue weighted by Gasteiger charge is -2.08. The fraction of sp³-hybridized carbons (Fsp3) is 0.200. The van der Waals surface area contributed by atoms with Gasteiger partial charge in [0.1, 0.15) is 0 Å². The molecule has 5 nitrogen and oxygen atoms in total. The largest absolute Gasteiger partial charge is 0.478 e. The number of carboxylic acids is 1. The zero-order chi connectivity index (χ0) is 11.0. The number of hydrogen-bond donors (Lipinski definition) is 2. The van der Waals surface area contributed by atoms with Crippen LogP contribution in [0.3, 0.4) is 0 Å². The molecule has 2 rings (SSSR count). The Morgan fingerprint density at radius 1 is 1.13 bits per heavy atom. The Labute approximate surface area is 85.6 Å². The molecule has 0 bridgehead atoms. The van der Waals surface area contributed by atoms with Crippen molar-refractivity contribution in [2.24, 2.45) is 0 Å². The topological polar surface area (TPSA) is 77.8 Å². The van der Waals surface area contributed by atoms with E-state index in [9.17, 15) is 9.59 Å². The van der Waals surface area contributed by atoms with E-state index < -0.39 is 12.1 Å². The molecule has 0 fully saturated rings. The van der Waals surface area contributed by atoms with Crippen LogP contribution in [0.1, 0.15) is 21.5 Å². The van der Waals surface area contributed by atoms with Crippen molar-refractivity contribution in [3.8, 4) is 0 Å². The molecule has 1 aliphatic heterocycles. The van der Waals surface area contributed by atoms with Gasteiger partial charge in [0.15, 0.2) is 0 Å². The minimum Gasteiger partial charge on any atom is -0.478 e. The van der Waals surface area contributed by atoms with Crippen molar-refractivity contribution >= 4 is 12.1 Å². The van der Waals surface area contributed by atoms with E-state index in [1.165, 1.54) is 17.0 Å². The van der Waals surface area contributed by atoms with Gasteiger partial charge in [-0.25, -0.2) is 9.59 Å². The molecule has 0 saturated heterocycles. The number of amides is 1. The number of nitrogens with zero attached hydrogens (tertiary/aromatic N) is 1. The normalized spacial score (nSPS) is 13.7. The van der Waals surface area contributed by atoms with Crippen molar-refractivity contribution in [2.75, 3.05) is 0 Å². The van der Waals surface area contributed by atoms with Crippen molar-refractivity contribution in [1.29, 1.82) is 0 Å². The molecule has 0 aromatic heterocycles. The van der Waals surface area contributed by atoms with Crippen LogP contribution in [0.5, 0.6) is 0 Å². The number of carbonyl (C=O) groups is 2. The third-order valence-corrected chi connectivity index (χ3v) is 2.45. The standard InChI is InChI=1S/C10H9NO4/c12-9(13)6-1-2-7-4-11(10(14)15)5-8(7)3-6/h1-3H,4-5H2,(H,12,13)(H,14,15). The average Bonchev–Trinajstić information content (AvgIpc) is 2.59. The molecule has 0 unspecified atom stereocenters. The summed E-state index contributed by atoms with van der Waals surface area (Å²) in [6.07, 6.45) is -0.983. The van der Waals surface area contributed by atoms with Crippen molar-refractivity contribution in [3.05, 3.63) is 34.9 Å².